The minimum Gasteiger partial charge on any atom is -0.264 e. The van der Waals surface area contributed by atoms with E-state index in [1.54, 1.807) is 6.92 Å². The normalized spacial score (nSPS) is 11.6. The number of halogens is 2. The number of sulfonamides is 1. The molecule has 120 valence electrons. The summed E-state index contributed by atoms with van der Waals surface area (Å²) < 4.78 is 52.4. The quantitative estimate of drug-likeness (QED) is 0.790. The second-order valence-corrected chi connectivity index (χ2v) is 6.57. The summed E-state index contributed by atoms with van der Waals surface area (Å²) in [6.07, 6.45) is 0.430. The molecule has 2 aromatic rings. The maximum Gasteiger partial charge on any atom is 0.233 e. The highest BCUT2D eigenvalue weighted by atomic mass is 32.2. The second-order valence-electron chi connectivity index (χ2n) is 4.73. The van der Waals surface area contributed by atoms with Crippen LogP contribution in [0, 0.1) is 12.7 Å². The van der Waals surface area contributed by atoms with Gasteiger partial charge in [0, 0.05) is 0 Å². The molecule has 0 spiro atoms. The molecule has 1 aromatic heterocycles. The van der Waals surface area contributed by atoms with E-state index in [0.717, 1.165) is 0 Å². The van der Waals surface area contributed by atoms with Crippen LogP contribution in [0.15, 0.2) is 24.3 Å². The lowest BCUT2D eigenvalue weighted by Crippen LogP contribution is -2.17. The average Bonchev–Trinajstić information content (AvgIpc) is 2.81. The van der Waals surface area contributed by atoms with Crippen LogP contribution in [0.2, 0.25) is 0 Å². The molecule has 0 bridgehead atoms. The Kier molecular flexibility index (Phi) is 5.07. The van der Waals surface area contributed by atoms with Crippen LogP contribution in [-0.2, 0) is 10.0 Å². The number of hydrogen-bond acceptors (Lipinski definition) is 4. The number of nitrogens with zero attached hydrogens (tertiary/aromatic N) is 3. The van der Waals surface area contributed by atoms with Crippen molar-refractivity contribution in [1.29, 1.82) is 0 Å². The Bertz CT molecular complexity index is 729. The molecule has 0 saturated heterocycles. The van der Waals surface area contributed by atoms with Crippen LogP contribution in [-0.4, -0.2) is 35.8 Å². The molecule has 0 aliphatic rings. The molecule has 0 atom stereocenters. The van der Waals surface area contributed by atoms with Gasteiger partial charge < -0.3 is 0 Å². The summed E-state index contributed by atoms with van der Waals surface area (Å²) >= 11 is 0. The van der Waals surface area contributed by atoms with E-state index in [1.165, 1.54) is 28.9 Å². The molecule has 1 N–H and O–H groups in total. The largest absolute Gasteiger partial charge is 0.264 e. The maximum absolute atomic E-state index is 12.9. The van der Waals surface area contributed by atoms with Crippen molar-refractivity contribution in [3.05, 3.63) is 35.8 Å². The highest BCUT2D eigenvalue weighted by molar-refractivity contribution is 7.92. The van der Waals surface area contributed by atoms with Crippen molar-refractivity contribution in [2.45, 2.75) is 19.8 Å². The van der Waals surface area contributed by atoms with Crippen molar-refractivity contribution >= 4 is 15.8 Å². The zero-order valence-corrected chi connectivity index (χ0v) is 12.8. The molecule has 6 nitrogen and oxygen atoms in total. The Balaban J connectivity index is 2.16. The van der Waals surface area contributed by atoms with Gasteiger partial charge in [-0.3, -0.25) is 9.11 Å². The van der Waals surface area contributed by atoms with Crippen LogP contribution in [0.4, 0.5) is 14.6 Å². The van der Waals surface area contributed by atoms with Gasteiger partial charge in [-0.15, -0.1) is 5.10 Å². The van der Waals surface area contributed by atoms with Crippen molar-refractivity contribution in [3.8, 4) is 5.69 Å². The van der Waals surface area contributed by atoms with Gasteiger partial charge in [-0.1, -0.05) is 5.21 Å². The summed E-state index contributed by atoms with van der Waals surface area (Å²) in [7, 11) is -3.60. The third-order valence-corrected chi connectivity index (χ3v) is 4.35. The zero-order valence-electron chi connectivity index (χ0n) is 12.0. The van der Waals surface area contributed by atoms with Crippen molar-refractivity contribution in [2.75, 3.05) is 17.1 Å². The molecule has 0 aliphatic carbocycles. The third-order valence-electron chi connectivity index (χ3n) is 3.01. The molecule has 0 unspecified atom stereocenters. The molecule has 9 heteroatoms. The fraction of sp³-hybridized carbons (Fsp3) is 0.385. The van der Waals surface area contributed by atoms with Gasteiger partial charge in [-0.05, 0) is 44.0 Å². The summed E-state index contributed by atoms with van der Waals surface area (Å²) in [5.41, 5.74) is 1.04. The standard InChI is InChI=1S/C13H16F2N4O2S/c1-10-13(17-22(20,21)9-3-2-8-14)16-18-19(10)12-6-4-11(15)5-7-12/h4-7,17H,2-3,8-9H2,1H3. The Hall–Kier alpha value is -2.03. The van der Waals surface area contributed by atoms with Gasteiger partial charge in [0.25, 0.3) is 0 Å². The Morgan fingerprint density at radius 2 is 1.91 bits per heavy atom. The van der Waals surface area contributed by atoms with E-state index >= 15 is 0 Å². The van der Waals surface area contributed by atoms with Gasteiger partial charge in [0.2, 0.25) is 10.0 Å². The zero-order chi connectivity index (χ0) is 16.2. The first-order valence-electron chi connectivity index (χ1n) is 6.67. The molecule has 2 rings (SSSR count). The Morgan fingerprint density at radius 3 is 2.55 bits per heavy atom. The summed E-state index contributed by atoms with van der Waals surface area (Å²) in [5, 5.41) is 7.64. The molecule has 0 radical (unpaired) electrons. The molecule has 1 aromatic carbocycles. The number of anilines is 1. The smallest absolute Gasteiger partial charge is 0.233 e. The molecule has 0 saturated carbocycles. The molecular formula is C13H16F2N4O2S. The molecule has 0 amide bonds. The number of hydrogen-bond donors (Lipinski definition) is 1. The number of aromatic nitrogens is 3. The predicted octanol–water partition coefficient (Wildman–Crippen LogP) is 2.21. The first kappa shape index (κ1) is 16.3. The highest BCUT2D eigenvalue weighted by Gasteiger charge is 2.16. The maximum atomic E-state index is 12.9. The van der Waals surface area contributed by atoms with E-state index in [1.807, 2.05) is 0 Å². The summed E-state index contributed by atoms with van der Waals surface area (Å²) in [4.78, 5) is 0. The fourth-order valence-corrected chi connectivity index (χ4v) is 3.01. The van der Waals surface area contributed by atoms with Crippen LogP contribution in [0.3, 0.4) is 0 Å². The van der Waals surface area contributed by atoms with Gasteiger partial charge in [-0.2, -0.15) is 0 Å². The number of nitrogens with one attached hydrogen (secondary N) is 1. The molecular weight excluding hydrogens is 314 g/mol. The monoisotopic (exact) mass is 330 g/mol. The van der Waals surface area contributed by atoms with Crippen molar-refractivity contribution in [3.63, 3.8) is 0 Å². The average molecular weight is 330 g/mol. The van der Waals surface area contributed by atoms with Crippen LogP contribution in [0.25, 0.3) is 5.69 Å². The van der Waals surface area contributed by atoms with Crippen LogP contribution in [0.1, 0.15) is 18.5 Å². The van der Waals surface area contributed by atoms with E-state index in [4.69, 9.17) is 0 Å². The van der Waals surface area contributed by atoms with E-state index in [9.17, 15) is 17.2 Å². The van der Waals surface area contributed by atoms with E-state index in [0.29, 0.717) is 11.4 Å². The van der Waals surface area contributed by atoms with Crippen LogP contribution in [0.5, 0.6) is 0 Å². The SMILES string of the molecule is Cc1c(NS(=O)(=O)CCCCF)nnn1-c1ccc(F)cc1. The van der Waals surface area contributed by atoms with E-state index < -0.39 is 16.7 Å². The van der Waals surface area contributed by atoms with Gasteiger partial charge in [0.05, 0.1) is 23.8 Å². The van der Waals surface area contributed by atoms with E-state index in [-0.39, 0.29) is 30.2 Å². The molecule has 1 heterocycles. The lowest BCUT2D eigenvalue weighted by Gasteiger charge is -2.06. The first-order chi connectivity index (χ1) is 10.4. The van der Waals surface area contributed by atoms with Crippen molar-refractivity contribution < 1.29 is 17.2 Å². The Labute approximate surface area is 127 Å². The van der Waals surface area contributed by atoms with Gasteiger partial charge in [-0.25, -0.2) is 17.5 Å². The van der Waals surface area contributed by atoms with Crippen molar-refractivity contribution in [2.24, 2.45) is 0 Å². The minimum absolute atomic E-state index is 0.101. The fourth-order valence-electron chi connectivity index (χ4n) is 1.84. The van der Waals surface area contributed by atoms with Crippen LogP contribution < -0.4 is 4.72 Å². The molecule has 0 fully saturated rings. The molecule has 0 aliphatic heterocycles. The van der Waals surface area contributed by atoms with Gasteiger partial charge >= 0.3 is 0 Å². The van der Waals surface area contributed by atoms with Crippen molar-refractivity contribution in [1.82, 2.24) is 15.0 Å². The van der Waals surface area contributed by atoms with Gasteiger partial charge in [0.1, 0.15) is 5.82 Å². The predicted molar refractivity (Wildman–Crippen MR) is 78.7 cm³/mol. The lowest BCUT2D eigenvalue weighted by atomic mass is 10.3. The van der Waals surface area contributed by atoms with Crippen LogP contribution >= 0.6 is 0 Å². The topological polar surface area (TPSA) is 76.9 Å². The number of rotatable bonds is 7. The lowest BCUT2D eigenvalue weighted by molar-refractivity contribution is 0.468. The van der Waals surface area contributed by atoms with E-state index in [2.05, 4.69) is 15.0 Å². The summed E-state index contributed by atoms with van der Waals surface area (Å²) in [5.74, 6) is -0.459. The minimum atomic E-state index is -3.60. The summed E-state index contributed by atoms with van der Waals surface area (Å²) in [6, 6.07) is 5.57. The first-order valence-corrected chi connectivity index (χ1v) is 8.33. The second kappa shape index (κ2) is 6.82. The summed E-state index contributed by atoms with van der Waals surface area (Å²) in [6.45, 7) is 1.10. The Morgan fingerprint density at radius 1 is 1.23 bits per heavy atom. The van der Waals surface area contributed by atoms with Gasteiger partial charge in [0.15, 0.2) is 5.82 Å². The number of benzene rings is 1. The third kappa shape index (κ3) is 4.00. The molecule has 22 heavy (non-hydrogen) atoms. The highest BCUT2D eigenvalue weighted by Crippen LogP contribution is 2.17. The number of unbranched alkanes of at least 4 members (excludes halogenated alkanes) is 1. The number of alkyl halides is 1.